The van der Waals surface area contributed by atoms with Crippen LogP contribution >= 0.6 is 0 Å². The zero-order chi connectivity index (χ0) is 14.5. The van der Waals surface area contributed by atoms with Gasteiger partial charge in [-0.05, 0) is 60.9 Å². The third-order valence-electron chi connectivity index (χ3n) is 4.45. The molecule has 3 rings (SSSR count). The van der Waals surface area contributed by atoms with Crippen LogP contribution in [0, 0.1) is 0 Å². The average molecular weight is 279 g/mol. The number of hydrogen-bond acceptors (Lipinski definition) is 1. The third kappa shape index (κ3) is 3.54. The van der Waals surface area contributed by atoms with Gasteiger partial charge in [-0.25, -0.2) is 0 Å². The minimum Gasteiger partial charge on any atom is -0.310 e. The van der Waals surface area contributed by atoms with Crippen molar-refractivity contribution in [1.29, 1.82) is 0 Å². The van der Waals surface area contributed by atoms with Gasteiger partial charge in [0.25, 0.3) is 0 Å². The van der Waals surface area contributed by atoms with Gasteiger partial charge in [0.15, 0.2) is 0 Å². The van der Waals surface area contributed by atoms with Crippen LogP contribution in [0.2, 0.25) is 0 Å². The molecule has 110 valence electrons. The quantitative estimate of drug-likeness (QED) is 0.823. The first-order chi connectivity index (χ1) is 10.4. The van der Waals surface area contributed by atoms with E-state index in [0.29, 0.717) is 6.04 Å². The van der Waals surface area contributed by atoms with Crippen molar-refractivity contribution >= 4 is 0 Å². The second-order valence-electron chi connectivity index (χ2n) is 6.08. The van der Waals surface area contributed by atoms with Crippen LogP contribution in [0.1, 0.15) is 48.1 Å². The van der Waals surface area contributed by atoms with E-state index in [1.807, 2.05) is 0 Å². The summed E-state index contributed by atoms with van der Waals surface area (Å²) in [6.45, 7) is 3.30. The van der Waals surface area contributed by atoms with Gasteiger partial charge >= 0.3 is 0 Å². The highest BCUT2D eigenvalue weighted by atomic mass is 14.9. The highest BCUT2D eigenvalue weighted by Gasteiger charge is 2.14. The van der Waals surface area contributed by atoms with Crippen LogP contribution < -0.4 is 5.32 Å². The summed E-state index contributed by atoms with van der Waals surface area (Å²) < 4.78 is 0. The number of fused-ring (bicyclic) bond motifs is 1. The van der Waals surface area contributed by atoms with Crippen LogP contribution in [0.5, 0.6) is 0 Å². The maximum Gasteiger partial charge on any atom is 0.0360 e. The van der Waals surface area contributed by atoms with Crippen molar-refractivity contribution in [3.63, 3.8) is 0 Å². The van der Waals surface area contributed by atoms with Gasteiger partial charge in [0.2, 0.25) is 0 Å². The topological polar surface area (TPSA) is 12.0 Å². The van der Waals surface area contributed by atoms with E-state index in [-0.39, 0.29) is 0 Å². The number of benzene rings is 2. The number of nitrogens with one attached hydrogen (secondary N) is 1. The molecule has 0 aliphatic heterocycles. The first-order valence-electron chi connectivity index (χ1n) is 8.26. The van der Waals surface area contributed by atoms with Crippen LogP contribution in [-0.2, 0) is 19.3 Å². The SMILES string of the molecule is CCCNC(Cc1ccc2c(c1)CCC2)c1ccccc1. The summed E-state index contributed by atoms with van der Waals surface area (Å²) in [4.78, 5) is 0. The largest absolute Gasteiger partial charge is 0.310 e. The molecule has 0 radical (unpaired) electrons. The first kappa shape index (κ1) is 14.3. The van der Waals surface area contributed by atoms with Crippen LogP contribution in [0.4, 0.5) is 0 Å². The maximum absolute atomic E-state index is 3.70. The molecule has 1 nitrogen and oxygen atoms in total. The van der Waals surface area contributed by atoms with Crippen molar-refractivity contribution in [2.24, 2.45) is 0 Å². The van der Waals surface area contributed by atoms with E-state index in [1.165, 1.54) is 36.8 Å². The molecule has 1 heteroatoms. The Balaban J connectivity index is 1.77. The van der Waals surface area contributed by atoms with Crippen molar-refractivity contribution in [3.05, 3.63) is 70.8 Å². The smallest absolute Gasteiger partial charge is 0.0360 e. The Morgan fingerprint density at radius 2 is 1.81 bits per heavy atom. The maximum atomic E-state index is 3.70. The summed E-state index contributed by atoms with van der Waals surface area (Å²) in [6, 6.07) is 18.4. The van der Waals surface area contributed by atoms with E-state index in [1.54, 1.807) is 11.1 Å². The Morgan fingerprint density at radius 1 is 1.00 bits per heavy atom. The summed E-state index contributed by atoms with van der Waals surface area (Å²) in [5.41, 5.74) is 6.01. The molecular weight excluding hydrogens is 254 g/mol. The molecule has 1 atom stereocenters. The molecule has 1 unspecified atom stereocenters. The minimum atomic E-state index is 0.422. The molecule has 1 N–H and O–H groups in total. The van der Waals surface area contributed by atoms with Crippen LogP contribution in [0.15, 0.2) is 48.5 Å². The molecular formula is C20H25N. The number of hydrogen-bond donors (Lipinski definition) is 1. The fourth-order valence-corrected chi connectivity index (χ4v) is 3.30. The standard InChI is InChI=1S/C20H25N/c1-2-13-21-20(18-7-4-3-5-8-18)15-16-11-12-17-9-6-10-19(17)14-16/h3-5,7-8,11-12,14,20-21H,2,6,9-10,13,15H2,1H3. The van der Waals surface area contributed by atoms with Gasteiger partial charge in [0, 0.05) is 6.04 Å². The molecule has 0 saturated heterocycles. The van der Waals surface area contributed by atoms with Crippen molar-refractivity contribution in [2.75, 3.05) is 6.54 Å². The molecule has 21 heavy (non-hydrogen) atoms. The van der Waals surface area contributed by atoms with Gasteiger partial charge < -0.3 is 5.32 Å². The lowest BCUT2D eigenvalue weighted by atomic mass is 9.96. The van der Waals surface area contributed by atoms with E-state index in [4.69, 9.17) is 0 Å². The van der Waals surface area contributed by atoms with Crippen molar-refractivity contribution in [2.45, 2.75) is 45.1 Å². The Bertz CT molecular complexity index is 574. The fraction of sp³-hybridized carbons (Fsp3) is 0.400. The van der Waals surface area contributed by atoms with Gasteiger partial charge in [0.05, 0.1) is 0 Å². The number of rotatable bonds is 6. The second kappa shape index (κ2) is 6.91. The van der Waals surface area contributed by atoms with Gasteiger partial charge in [-0.3, -0.25) is 0 Å². The lowest BCUT2D eigenvalue weighted by Crippen LogP contribution is -2.24. The van der Waals surface area contributed by atoms with Gasteiger partial charge in [-0.1, -0.05) is 55.5 Å². The molecule has 0 amide bonds. The molecule has 2 aromatic rings. The predicted molar refractivity (Wildman–Crippen MR) is 89.6 cm³/mol. The van der Waals surface area contributed by atoms with Gasteiger partial charge in [0.1, 0.15) is 0 Å². The average Bonchev–Trinajstić information content (AvgIpc) is 3.00. The zero-order valence-corrected chi connectivity index (χ0v) is 12.9. The molecule has 0 heterocycles. The van der Waals surface area contributed by atoms with Gasteiger partial charge in [-0.15, -0.1) is 0 Å². The summed E-state index contributed by atoms with van der Waals surface area (Å²) in [5.74, 6) is 0. The summed E-state index contributed by atoms with van der Waals surface area (Å²) in [7, 11) is 0. The van der Waals surface area contributed by atoms with E-state index in [0.717, 1.165) is 13.0 Å². The molecule has 0 aromatic heterocycles. The van der Waals surface area contributed by atoms with E-state index in [9.17, 15) is 0 Å². The molecule has 1 aliphatic rings. The molecule has 2 aromatic carbocycles. The van der Waals surface area contributed by atoms with E-state index >= 15 is 0 Å². The highest BCUT2D eigenvalue weighted by molar-refractivity contribution is 5.36. The third-order valence-corrected chi connectivity index (χ3v) is 4.45. The minimum absolute atomic E-state index is 0.422. The lowest BCUT2D eigenvalue weighted by Gasteiger charge is -2.19. The molecule has 0 saturated carbocycles. The van der Waals surface area contributed by atoms with Crippen molar-refractivity contribution < 1.29 is 0 Å². The Kier molecular flexibility index (Phi) is 4.72. The normalized spacial score (nSPS) is 14.9. The molecule has 0 fully saturated rings. The van der Waals surface area contributed by atoms with E-state index < -0.39 is 0 Å². The first-order valence-corrected chi connectivity index (χ1v) is 8.26. The summed E-state index contributed by atoms with van der Waals surface area (Å²) >= 11 is 0. The van der Waals surface area contributed by atoms with Gasteiger partial charge in [-0.2, -0.15) is 0 Å². The fourth-order valence-electron chi connectivity index (χ4n) is 3.30. The lowest BCUT2D eigenvalue weighted by molar-refractivity contribution is 0.529. The van der Waals surface area contributed by atoms with Crippen molar-refractivity contribution in [3.8, 4) is 0 Å². The second-order valence-corrected chi connectivity index (χ2v) is 6.08. The Morgan fingerprint density at radius 3 is 2.62 bits per heavy atom. The predicted octanol–water partition coefficient (Wildman–Crippen LogP) is 4.46. The molecule has 0 bridgehead atoms. The number of aryl methyl sites for hydroxylation is 2. The summed E-state index contributed by atoms with van der Waals surface area (Å²) in [5, 5.41) is 3.70. The highest BCUT2D eigenvalue weighted by Crippen LogP contribution is 2.25. The summed E-state index contributed by atoms with van der Waals surface area (Å²) in [6.07, 6.45) is 6.12. The zero-order valence-electron chi connectivity index (χ0n) is 12.9. The van der Waals surface area contributed by atoms with Crippen LogP contribution in [-0.4, -0.2) is 6.54 Å². The van der Waals surface area contributed by atoms with Crippen LogP contribution in [0.3, 0.4) is 0 Å². The molecule has 1 aliphatic carbocycles. The van der Waals surface area contributed by atoms with Crippen LogP contribution in [0.25, 0.3) is 0 Å². The molecule has 0 spiro atoms. The Labute approximate surface area is 128 Å². The Hall–Kier alpha value is -1.60. The van der Waals surface area contributed by atoms with Crippen molar-refractivity contribution in [1.82, 2.24) is 5.32 Å². The van der Waals surface area contributed by atoms with E-state index in [2.05, 4.69) is 60.8 Å². The monoisotopic (exact) mass is 279 g/mol.